The Hall–Kier alpha value is -2.94. The molecule has 1 aliphatic carbocycles. The van der Waals surface area contributed by atoms with Gasteiger partial charge in [-0.2, -0.15) is 5.26 Å². The second-order valence-corrected chi connectivity index (χ2v) is 9.20. The van der Waals surface area contributed by atoms with Gasteiger partial charge in [-0.25, -0.2) is 0 Å². The van der Waals surface area contributed by atoms with E-state index in [-0.39, 0.29) is 22.8 Å². The highest BCUT2D eigenvalue weighted by Gasteiger charge is 2.51. The van der Waals surface area contributed by atoms with E-state index in [0.29, 0.717) is 12.2 Å². The van der Waals surface area contributed by atoms with Crippen LogP contribution in [0.3, 0.4) is 0 Å². The monoisotopic (exact) mass is 389 g/mol. The molecule has 1 saturated heterocycles. The van der Waals surface area contributed by atoms with Crippen molar-refractivity contribution in [3.63, 3.8) is 0 Å². The van der Waals surface area contributed by atoms with Crippen LogP contribution in [0.1, 0.15) is 56.9 Å². The molecule has 4 rings (SSSR count). The molecule has 1 aromatic heterocycles. The predicted molar refractivity (Wildman–Crippen MR) is 112 cm³/mol. The highest BCUT2D eigenvalue weighted by molar-refractivity contribution is 5.91. The van der Waals surface area contributed by atoms with Crippen LogP contribution in [-0.4, -0.2) is 35.2 Å². The Balaban J connectivity index is 1.40. The van der Waals surface area contributed by atoms with Gasteiger partial charge >= 0.3 is 0 Å². The highest BCUT2D eigenvalue weighted by Crippen LogP contribution is 2.48. The van der Waals surface area contributed by atoms with Crippen LogP contribution in [0, 0.1) is 11.3 Å². The Labute approximate surface area is 171 Å². The lowest BCUT2D eigenvalue weighted by Gasteiger charge is -2.23. The predicted octanol–water partition coefficient (Wildman–Crippen LogP) is 3.07. The topological polar surface area (TPSA) is 81.9 Å². The summed E-state index contributed by atoms with van der Waals surface area (Å²) in [5.41, 5.74) is 2.46. The van der Waals surface area contributed by atoms with Crippen molar-refractivity contribution in [2.75, 3.05) is 18.0 Å². The van der Waals surface area contributed by atoms with Crippen LogP contribution in [0.5, 0.6) is 0 Å². The molecule has 2 heterocycles. The molecule has 150 valence electrons. The van der Waals surface area contributed by atoms with Crippen LogP contribution < -0.4 is 10.2 Å². The molecule has 0 bridgehead atoms. The summed E-state index contributed by atoms with van der Waals surface area (Å²) in [7, 11) is 0. The van der Waals surface area contributed by atoms with Gasteiger partial charge in [-0.15, -0.1) is 10.2 Å². The van der Waals surface area contributed by atoms with Gasteiger partial charge in [-0.3, -0.25) is 4.79 Å². The molecule has 6 nitrogen and oxygen atoms in total. The standard InChI is InChI=1S/C23H27N5O/c1-22(2,3)16-4-6-17(7-5-16)23(11-12-23)21(29)25-19-10-13-28(15-19)20-9-8-18(14-24)26-27-20/h4-9,19H,10-13,15H2,1-3H3,(H,25,29)/t19-/m0/s1. The molecule has 2 aliphatic rings. The summed E-state index contributed by atoms with van der Waals surface area (Å²) in [6.07, 6.45) is 2.70. The second-order valence-electron chi connectivity index (χ2n) is 9.20. The maximum absolute atomic E-state index is 13.1. The number of benzene rings is 1. The lowest BCUT2D eigenvalue weighted by molar-refractivity contribution is -0.124. The van der Waals surface area contributed by atoms with Crippen LogP contribution in [0.25, 0.3) is 0 Å². The minimum Gasteiger partial charge on any atom is -0.353 e. The molecule has 0 unspecified atom stereocenters. The van der Waals surface area contributed by atoms with Crippen molar-refractivity contribution in [2.24, 2.45) is 0 Å². The summed E-state index contributed by atoms with van der Waals surface area (Å²) in [5.74, 6) is 0.887. The van der Waals surface area contributed by atoms with Gasteiger partial charge in [0.25, 0.3) is 0 Å². The lowest BCUT2D eigenvalue weighted by Crippen LogP contribution is -2.43. The first-order valence-corrected chi connectivity index (χ1v) is 10.2. The van der Waals surface area contributed by atoms with Crippen molar-refractivity contribution >= 4 is 11.7 Å². The summed E-state index contributed by atoms with van der Waals surface area (Å²) < 4.78 is 0. The van der Waals surface area contributed by atoms with Gasteiger partial charge in [0.05, 0.1) is 5.41 Å². The molecule has 1 aliphatic heterocycles. The Morgan fingerprint density at radius 1 is 1.17 bits per heavy atom. The van der Waals surface area contributed by atoms with E-state index in [1.54, 1.807) is 6.07 Å². The summed E-state index contributed by atoms with van der Waals surface area (Å²) in [6.45, 7) is 8.13. The van der Waals surface area contributed by atoms with Gasteiger partial charge in [0.2, 0.25) is 5.91 Å². The SMILES string of the molecule is CC(C)(C)c1ccc(C2(C(=O)N[C@H]3CCN(c4ccc(C#N)nn4)C3)CC2)cc1. The summed E-state index contributed by atoms with van der Waals surface area (Å²) >= 11 is 0. The van der Waals surface area contributed by atoms with Gasteiger partial charge < -0.3 is 10.2 Å². The molecule has 0 spiro atoms. The Morgan fingerprint density at radius 3 is 2.45 bits per heavy atom. The number of nitrogens with one attached hydrogen (secondary N) is 1. The largest absolute Gasteiger partial charge is 0.353 e. The maximum atomic E-state index is 13.1. The summed E-state index contributed by atoms with van der Waals surface area (Å²) in [4.78, 5) is 15.2. The third-order valence-corrected chi connectivity index (χ3v) is 6.10. The van der Waals surface area contributed by atoms with E-state index < -0.39 is 0 Å². The zero-order valence-electron chi connectivity index (χ0n) is 17.3. The Bertz CT molecular complexity index is 933. The second kappa shape index (κ2) is 7.14. The number of carbonyl (C=O) groups is 1. The van der Waals surface area contributed by atoms with E-state index in [1.165, 1.54) is 5.56 Å². The van der Waals surface area contributed by atoms with E-state index in [4.69, 9.17) is 5.26 Å². The molecule has 1 amide bonds. The van der Waals surface area contributed by atoms with E-state index in [9.17, 15) is 4.79 Å². The van der Waals surface area contributed by atoms with Gasteiger partial charge in [0.1, 0.15) is 6.07 Å². The van der Waals surface area contributed by atoms with E-state index in [2.05, 4.69) is 65.5 Å². The fourth-order valence-corrected chi connectivity index (χ4v) is 4.02. The zero-order valence-corrected chi connectivity index (χ0v) is 17.3. The molecule has 1 aromatic carbocycles. The molecule has 2 aromatic rings. The molecule has 1 atom stereocenters. The van der Waals surface area contributed by atoms with Gasteiger partial charge in [-0.1, -0.05) is 45.0 Å². The summed E-state index contributed by atoms with van der Waals surface area (Å²) in [5, 5.41) is 20.1. The van der Waals surface area contributed by atoms with Crippen LogP contribution in [0.4, 0.5) is 5.82 Å². The zero-order chi connectivity index (χ0) is 20.6. The molecule has 6 heteroatoms. The van der Waals surface area contributed by atoms with E-state index in [1.807, 2.05) is 12.1 Å². The average molecular weight is 390 g/mol. The Morgan fingerprint density at radius 2 is 1.90 bits per heavy atom. The molecular formula is C23H27N5O. The third kappa shape index (κ3) is 3.82. The normalized spacial score (nSPS) is 20.2. The number of anilines is 1. The van der Waals surface area contributed by atoms with Crippen LogP contribution in [-0.2, 0) is 15.6 Å². The van der Waals surface area contributed by atoms with Crippen molar-refractivity contribution in [3.05, 3.63) is 53.2 Å². The first-order chi connectivity index (χ1) is 13.8. The summed E-state index contributed by atoms with van der Waals surface area (Å²) in [6, 6.07) is 14.1. The van der Waals surface area contributed by atoms with E-state index >= 15 is 0 Å². The van der Waals surface area contributed by atoms with Crippen molar-refractivity contribution < 1.29 is 4.79 Å². The van der Waals surface area contributed by atoms with Crippen molar-refractivity contribution in [3.8, 4) is 6.07 Å². The Kier molecular flexibility index (Phi) is 4.77. The minimum atomic E-state index is -0.363. The highest BCUT2D eigenvalue weighted by atomic mass is 16.2. The van der Waals surface area contributed by atoms with Gasteiger partial charge in [0.15, 0.2) is 11.5 Å². The fraction of sp³-hybridized carbons (Fsp3) is 0.478. The van der Waals surface area contributed by atoms with Crippen molar-refractivity contribution in [1.82, 2.24) is 15.5 Å². The third-order valence-electron chi connectivity index (χ3n) is 6.10. The van der Waals surface area contributed by atoms with Crippen molar-refractivity contribution in [1.29, 1.82) is 5.26 Å². The molecule has 1 N–H and O–H groups in total. The number of hydrogen-bond acceptors (Lipinski definition) is 5. The number of nitrogens with zero attached hydrogens (tertiary/aromatic N) is 4. The van der Waals surface area contributed by atoms with Gasteiger partial charge in [0, 0.05) is 19.1 Å². The number of hydrogen-bond donors (Lipinski definition) is 1. The van der Waals surface area contributed by atoms with Crippen LogP contribution in [0.2, 0.25) is 0 Å². The minimum absolute atomic E-state index is 0.103. The maximum Gasteiger partial charge on any atom is 0.230 e. The number of aromatic nitrogens is 2. The van der Waals surface area contributed by atoms with E-state index in [0.717, 1.165) is 37.2 Å². The first kappa shape index (κ1) is 19.4. The van der Waals surface area contributed by atoms with Crippen LogP contribution in [0.15, 0.2) is 36.4 Å². The number of amides is 1. The van der Waals surface area contributed by atoms with Crippen LogP contribution >= 0.6 is 0 Å². The molecular weight excluding hydrogens is 362 g/mol. The first-order valence-electron chi connectivity index (χ1n) is 10.2. The smallest absolute Gasteiger partial charge is 0.230 e. The lowest BCUT2D eigenvalue weighted by atomic mass is 9.85. The number of carbonyl (C=O) groups excluding carboxylic acids is 1. The number of rotatable bonds is 4. The van der Waals surface area contributed by atoms with Gasteiger partial charge in [-0.05, 0) is 47.9 Å². The molecule has 29 heavy (non-hydrogen) atoms. The van der Waals surface area contributed by atoms with Crippen molar-refractivity contribution in [2.45, 2.75) is 56.9 Å². The average Bonchev–Trinajstić information content (AvgIpc) is 3.41. The fourth-order valence-electron chi connectivity index (χ4n) is 4.02. The molecule has 2 fully saturated rings. The number of nitriles is 1. The quantitative estimate of drug-likeness (QED) is 0.869. The molecule has 0 radical (unpaired) electrons. The molecule has 1 saturated carbocycles.